The minimum atomic E-state index is -3.55. The molecule has 1 heterocycles. The van der Waals surface area contributed by atoms with Crippen LogP contribution >= 0.6 is 0 Å². The molecular formula is C18H24NO4S. The Hall–Kier alpha value is -1.39. The summed E-state index contributed by atoms with van der Waals surface area (Å²) in [5, 5.41) is 12.2. The third-order valence-electron chi connectivity index (χ3n) is 4.02. The molecule has 1 unspecified atom stereocenters. The molecule has 1 aliphatic rings. The highest BCUT2D eigenvalue weighted by atomic mass is 32.2. The first-order valence-corrected chi connectivity index (χ1v) is 9.89. The SMILES string of the molecule is CCC#CCOC1CCN(S(=O)(=O)CC([O])c2ccccc2)CC1. The van der Waals surface area contributed by atoms with Crippen LogP contribution < -0.4 is 0 Å². The first kappa shape index (κ1) is 18.9. The molecule has 0 saturated carbocycles. The van der Waals surface area contributed by atoms with E-state index in [-0.39, 0.29) is 6.10 Å². The fourth-order valence-electron chi connectivity index (χ4n) is 2.67. The average molecular weight is 350 g/mol. The largest absolute Gasteiger partial charge is 0.365 e. The number of piperidine rings is 1. The monoisotopic (exact) mass is 350 g/mol. The zero-order chi connectivity index (χ0) is 17.4. The lowest BCUT2D eigenvalue weighted by Crippen LogP contribution is -2.42. The van der Waals surface area contributed by atoms with Crippen molar-refractivity contribution < 1.29 is 18.3 Å². The molecule has 24 heavy (non-hydrogen) atoms. The average Bonchev–Trinajstić information content (AvgIpc) is 2.59. The second kappa shape index (κ2) is 9.19. The first-order chi connectivity index (χ1) is 11.5. The molecule has 0 aliphatic carbocycles. The minimum Gasteiger partial charge on any atom is -0.365 e. The fourth-order valence-corrected chi connectivity index (χ4v) is 4.23. The van der Waals surface area contributed by atoms with E-state index in [1.165, 1.54) is 4.31 Å². The summed E-state index contributed by atoms with van der Waals surface area (Å²) in [5.74, 6) is 5.47. The smallest absolute Gasteiger partial charge is 0.217 e. The van der Waals surface area contributed by atoms with Crippen LogP contribution in [0.25, 0.3) is 0 Å². The summed E-state index contributed by atoms with van der Waals surface area (Å²) in [5.41, 5.74) is 0.508. The maximum atomic E-state index is 12.4. The van der Waals surface area contributed by atoms with Crippen LogP contribution in [0.2, 0.25) is 0 Å². The van der Waals surface area contributed by atoms with E-state index >= 15 is 0 Å². The van der Waals surface area contributed by atoms with E-state index in [2.05, 4.69) is 11.8 Å². The molecule has 1 aliphatic heterocycles. The second-order valence-corrected chi connectivity index (χ2v) is 7.81. The Kier molecular flexibility index (Phi) is 7.25. The van der Waals surface area contributed by atoms with Gasteiger partial charge in [0.1, 0.15) is 12.7 Å². The van der Waals surface area contributed by atoms with Crippen molar-refractivity contribution in [3.05, 3.63) is 35.9 Å². The van der Waals surface area contributed by atoms with Crippen molar-refractivity contribution >= 4 is 10.0 Å². The highest BCUT2D eigenvalue weighted by molar-refractivity contribution is 7.89. The lowest BCUT2D eigenvalue weighted by atomic mass is 10.1. The van der Waals surface area contributed by atoms with E-state index < -0.39 is 21.9 Å². The van der Waals surface area contributed by atoms with Crippen LogP contribution in [0.1, 0.15) is 37.9 Å². The molecule has 5 nitrogen and oxygen atoms in total. The standard InChI is InChI=1S/C18H24NO4S/c1-2-3-7-14-23-17-10-12-19(13-11-17)24(21,22)15-18(20)16-8-5-4-6-9-16/h4-6,8-9,17-18H,2,10-15H2,1H3. The molecule has 1 saturated heterocycles. The van der Waals surface area contributed by atoms with Crippen LogP contribution in [-0.2, 0) is 19.9 Å². The molecule has 0 spiro atoms. The van der Waals surface area contributed by atoms with Gasteiger partial charge in [0.25, 0.3) is 0 Å². The van der Waals surface area contributed by atoms with Gasteiger partial charge in [-0.15, -0.1) is 5.92 Å². The Bertz CT molecular complexity index is 655. The van der Waals surface area contributed by atoms with Gasteiger partial charge >= 0.3 is 0 Å². The third-order valence-corrected chi connectivity index (χ3v) is 5.90. The molecule has 1 fully saturated rings. The molecule has 131 valence electrons. The van der Waals surface area contributed by atoms with Crippen molar-refractivity contribution in [2.75, 3.05) is 25.4 Å². The Morgan fingerprint density at radius 1 is 1.21 bits per heavy atom. The number of benzene rings is 1. The predicted octanol–water partition coefficient (Wildman–Crippen LogP) is 2.38. The molecule has 1 aromatic rings. The highest BCUT2D eigenvalue weighted by Crippen LogP contribution is 2.21. The second-order valence-electron chi connectivity index (χ2n) is 5.79. The van der Waals surface area contributed by atoms with Crippen LogP contribution in [0.3, 0.4) is 0 Å². The number of sulfonamides is 1. The van der Waals surface area contributed by atoms with Gasteiger partial charge in [-0.05, 0) is 18.4 Å². The third kappa shape index (κ3) is 5.60. The molecule has 0 bridgehead atoms. The van der Waals surface area contributed by atoms with Crippen LogP contribution in [0.5, 0.6) is 0 Å². The number of nitrogens with zero attached hydrogens (tertiary/aromatic N) is 1. The number of ether oxygens (including phenoxy) is 1. The van der Waals surface area contributed by atoms with Gasteiger partial charge < -0.3 is 4.74 Å². The predicted molar refractivity (Wildman–Crippen MR) is 92.3 cm³/mol. The van der Waals surface area contributed by atoms with Crippen molar-refractivity contribution in [3.63, 3.8) is 0 Å². The van der Waals surface area contributed by atoms with E-state index in [0.717, 1.165) is 6.42 Å². The Morgan fingerprint density at radius 3 is 2.50 bits per heavy atom. The normalized spacial score (nSPS) is 17.9. The number of hydrogen-bond acceptors (Lipinski definition) is 3. The van der Waals surface area contributed by atoms with E-state index in [4.69, 9.17) is 4.74 Å². The highest BCUT2D eigenvalue weighted by Gasteiger charge is 2.30. The molecule has 0 N–H and O–H groups in total. The summed E-state index contributed by atoms with van der Waals surface area (Å²) in [4.78, 5) is 0. The molecule has 1 radical (unpaired) electrons. The van der Waals surface area contributed by atoms with Crippen molar-refractivity contribution in [2.45, 2.75) is 38.4 Å². The van der Waals surface area contributed by atoms with Crippen LogP contribution in [-0.4, -0.2) is 44.3 Å². The maximum absolute atomic E-state index is 12.4. The molecular weight excluding hydrogens is 326 g/mol. The van der Waals surface area contributed by atoms with Gasteiger partial charge in [-0.25, -0.2) is 17.8 Å². The van der Waals surface area contributed by atoms with E-state index in [0.29, 0.717) is 38.1 Å². The van der Waals surface area contributed by atoms with E-state index in [9.17, 15) is 13.5 Å². The lowest BCUT2D eigenvalue weighted by Gasteiger charge is -2.31. The summed E-state index contributed by atoms with van der Waals surface area (Å²) in [6.45, 7) is 3.17. The Morgan fingerprint density at radius 2 is 1.88 bits per heavy atom. The lowest BCUT2D eigenvalue weighted by molar-refractivity contribution is 0.0404. The molecule has 1 atom stereocenters. The summed E-state index contributed by atoms with van der Waals surface area (Å²) in [6, 6.07) is 8.64. The molecule has 0 aromatic heterocycles. The van der Waals surface area contributed by atoms with E-state index in [1.807, 2.05) is 6.92 Å². The number of hydrogen-bond donors (Lipinski definition) is 0. The molecule has 1 aromatic carbocycles. The van der Waals surface area contributed by atoms with E-state index in [1.54, 1.807) is 30.3 Å². The zero-order valence-corrected chi connectivity index (χ0v) is 14.8. The molecule has 0 amide bonds. The van der Waals surface area contributed by atoms with Crippen LogP contribution in [0, 0.1) is 11.8 Å². The maximum Gasteiger partial charge on any atom is 0.217 e. The van der Waals surface area contributed by atoms with Crippen molar-refractivity contribution in [1.29, 1.82) is 0 Å². The van der Waals surface area contributed by atoms with Crippen LogP contribution in [0.4, 0.5) is 0 Å². The fraction of sp³-hybridized carbons (Fsp3) is 0.556. The van der Waals surface area contributed by atoms with Gasteiger partial charge in [0, 0.05) is 19.5 Å². The van der Waals surface area contributed by atoms with Gasteiger partial charge in [0.2, 0.25) is 10.0 Å². The minimum absolute atomic E-state index is 0.0415. The summed E-state index contributed by atoms with van der Waals surface area (Å²) in [6.07, 6.45) is 0.871. The van der Waals surface area contributed by atoms with Crippen molar-refractivity contribution in [2.24, 2.45) is 0 Å². The summed E-state index contributed by atoms with van der Waals surface area (Å²) in [7, 11) is -3.55. The first-order valence-electron chi connectivity index (χ1n) is 8.29. The van der Waals surface area contributed by atoms with Crippen molar-refractivity contribution in [1.82, 2.24) is 4.31 Å². The quantitative estimate of drug-likeness (QED) is 0.740. The number of rotatable bonds is 6. The van der Waals surface area contributed by atoms with Crippen molar-refractivity contribution in [3.8, 4) is 11.8 Å². The molecule has 2 rings (SSSR count). The van der Waals surface area contributed by atoms with Gasteiger partial charge in [-0.3, -0.25) is 0 Å². The zero-order valence-electron chi connectivity index (χ0n) is 14.0. The van der Waals surface area contributed by atoms with Gasteiger partial charge in [0.15, 0.2) is 0 Å². The Labute approximate surface area is 144 Å². The summed E-state index contributed by atoms with van der Waals surface area (Å²) >= 11 is 0. The molecule has 6 heteroatoms. The van der Waals surface area contributed by atoms with Gasteiger partial charge in [0.05, 0.1) is 11.9 Å². The van der Waals surface area contributed by atoms with Gasteiger partial charge in [-0.2, -0.15) is 0 Å². The Balaban J connectivity index is 1.83. The topological polar surface area (TPSA) is 66.5 Å². The van der Waals surface area contributed by atoms with Gasteiger partial charge in [-0.1, -0.05) is 43.2 Å². The van der Waals surface area contributed by atoms with Crippen LogP contribution in [0.15, 0.2) is 30.3 Å². The summed E-state index contributed by atoms with van der Waals surface area (Å²) < 4.78 is 31.9.